The quantitative estimate of drug-likeness (QED) is 0.434. The molecule has 2 aromatic rings. The zero-order chi connectivity index (χ0) is 19.6. The summed E-state index contributed by atoms with van der Waals surface area (Å²) in [5.74, 6) is 0.276. The molecule has 0 aliphatic carbocycles. The van der Waals surface area contributed by atoms with Crippen LogP contribution in [0.4, 0.5) is 5.69 Å². The molecule has 0 unspecified atom stereocenters. The first-order valence-electron chi connectivity index (χ1n) is 7.93. The molecule has 8 nitrogen and oxygen atoms in total. The molecule has 0 aliphatic heterocycles. The van der Waals surface area contributed by atoms with Crippen LogP contribution in [0, 0.1) is 0 Å². The Kier molecular flexibility index (Phi) is 7.18. The highest BCUT2D eigenvalue weighted by Gasteiger charge is 2.09. The summed E-state index contributed by atoms with van der Waals surface area (Å²) >= 11 is 0. The van der Waals surface area contributed by atoms with Gasteiger partial charge in [-0.25, -0.2) is 4.79 Å². The van der Waals surface area contributed by atoms with Gasteiger partial charge in [-0.3, -0.25) is 4.79 Å². The largest absolute Gasteiger partial charge is 0.497 e. The highest BCUT2D eigenvalue weighted by atomic mass is 16.6. The van der Waals surface area contributed by atoms with Gasteiger partial charge in [-0.15, -0.1) is 0 Å². The lowest BCUT2D eigenvalue weighted by atomic mass is 10.1. The fourth-order valence-corrected chi connectivity index (χ4v) is 2.11. The van der Waals surface area contributed by atoms with Crippen molar-refractivity contribution in [3.63, 3.8) is 0 Å². The van der Waals surface area contributed by atoms with Crippen LogP contribution in [0.2, 0.25) is 0 Å². The highest BCUT2D eigenvalue weighted by molar-refractivity contribution is 5.93. The Labute approximate surface area is 156 Å². The summed E-state index contributed by atoms with van der Waals surface area (Å²) in [5.41, 5.74) is 1.64. The number of anilines is 1. The van der Waals surface area contributed by atoms with Crippen molar-refractivity contribution < 1.29 is 28.6 Å². The lowest BCUT2D eigenvalue weighted by Gasteiger charge is -2.11. The number of nitrogens with one attached hydrogen (secondary N) is 1. The van der Waals surface area contributed by atoms with E-state index in [-0.39, 0.29) is 6.61 Å². The molecule has 0 aliphatic rings. The number of methoxy groups -OCH3 is 3. The first kappa shape index (κ1) is 19.8. The van der Waals surface area contributed by atoms with Crippen LogP contribution in [0.3, 0.4) is 0 Å². The summed E-state index contributed by atoms with van der Waals surface area (Å²) in [6, 6.07) is 11.6. The molecule has 0 spiro atoms. The van der Waals surface area contributed by atoms with E-state index in [9.17, 15) is 9.59 Å². The van der Waals surface area contributed by atoms with Crippen LogP contribution in [0.25, 0.3) is 0 Å². The third-order valence-corrected chi connectivity index (χ3v) is 3.49. The minimum absolute atomic E-state index is 0.272. The third kappa shape index (κ3) is 5.74. The van der Waals surface area contributed by atoms with E-state index in [1.807, 2.05) is 0 Å². The van der Waals surface area contributed by atoms with Gasteiger partial charge >= 0.3 is 5.97 Å². The van der Waals surface area contributed by atoms with Crippen molar-refractivity contribution in [2.24, 2.45) is 5.16 Å². The molecule has 0 saturated heterocycles. The maximum atomic E-state index is 12.0. The van der Waals surface area contributed by atoms with E-state index in [4.69, 9.17) is 14.3 Å². The summed E-state index contributed by atoms with van der Waals surface area (Å²) in [7, 11) is 4.36. The Balaban J connectivity index is 1.85. The van der Waals surface area contributed by atoms with Gasteiger partial charge in [-0.2, -0.15) is 0 Å². The number of hydrogen-bond donors (Lipinski definition) is 1. The van der Waals surface area contributed by atoms with Gasteiger partial charge in [-0.1, -0.05) is 17.3 Å². The average molecular weight is 372 g/mol. The molecule has 0 bridgehead atoms. The molecule has 1 amide bonds. The van der Waals surface area contributed by atoms with Gasteiger partial charge in [0.05, 0.1) is 38.8 Å². The topological polar surface area (TPSA) is 95.5 Å². The second-order valence-corrected chi connectivity index (χ2v) is 5.24. The van der Waals surface area contributed by atoms with Crippen LogP contribution >= 0.6 is 0 Å². The molecule has 0 fully saturated rings. The predicted octanol–water partition coefficient (Wildman–Crippen LogP) is 2.48. The van der Waals surface area contributed by atoms with Crippen molar-refractivity contribution in [2.75, 3.05) is 33.3 Å². The van der Waals surface area contributed by atoms with E-state index in [0.717, 1.165) is 0 Å². The van der Waals surface area contributed by atoms with Crippen molar-refractivity contribution in [2.45, 2.75) is 0 Å². The Morgan fingerprint density at radius 3 is 2.41 bits per heavy atom. The Morgan fingerprint density at radius 2 is 1.78 bits per heavy atom. The molecule has 142 valence electrons. The van der Waals surface area contributed by atoms with Gasteiger partial charge in [0.1, 0.15) is 11.5 Å². The standard InChI is InChI=1S/C19H20N2O6/c1-24-15-8-9-16(17(10-15)25-2)21-18(22)12-27-20-11-13-4-6-14(7-5-13)19(23)26-3/h4-11H,12H2,1-3H3,(H,21,22)/b20-11+. The summed E-state index contributed by atoms with van der Waals surface area (Å²) in [6.07, 6.45) is 1.43. The average Bonchev–Trinajstić information content (AvgIpc) is 2.71. The second-order valence-electron chi connectivity index (χ2n) is 5.24. The van der Waals surface area contributed by atoms with Crippen LogP contribution in [0.15, 0.2) is 47.6 Å². The number of amides is 1. The SMILES string of the molecule is COC(=O)c1ccc(/C=N/OCC(=O)Nc2ccc(OC)cc2OC)cc1. The molecule has 0 saturated carbocycles. The number of carbonyl (C=O) groups excluding carboxylic acids is 2. The highest BCUT2D eigenvalue weighted by Crippen LogP contribution is 2.28. The van der Waals surface area contributed by atoms with Gasteiger partial charge in [0.25, 0.3) is 5.91 Å². The molecular formula is C19H20N2O6. The zero-order valence-electron chi connectivity index (χ0n) is 15.2. The maximum Gasteiger partial charge on any atom is 0.337 e. The number of carbonyl (C=O) groups is 2. The normalized spacial score (nSPS) is 10.3. The van der Waals surface area contributed by atoms with E-state index >= 15 is 0 Å². The smallest absolute Gasteiger partial charge is 0.337 e. The fourth-order valence-electron chi connectivity index (χ4n) is 2.11. The van der Waals surface area contributed by atoms with E-state index in [0.29, 0.717) is 28.3 Å². The van der Waals surface area contributed by atoms with Crippen molar-refractivity contribution in [1.29, 1.82) is 0 Å². The van der Waals surface area contributed by atoms with Crippen molar-refractivity contribution >= 4 is 23.8 Å². The summed E-state index contributed by atoms with van der Waals surface area (Å²) in [5, 5.41) is 6.40. The van der Waals surface area contributed by atoms with Gasteiger partial charge in [-0.05, 0) is 29.8 Å². The van der Waals surface area contributed by atoms with E-state index in [2.05, 4.69) is 15.2 Å². The molecular weight excluding hydrogens is 352 g/mol. The van der Waals surface area contributed by atoms with E-state index in [1.54, 1.807) is 49.6 Å². The van der Waals surface area contributed by atoms with Crippen molar-refractivity contribution in [1.82, 2.24) is 0 Å². The molecule has 0 aromatic heterocycles. The summed E-state index contributed by atoms with van der Waals surface area (Å²) in [4.78, 5) is 28.3. The summed E-state index contributed by atoms with van der Waals surface area (Å²) in [6.45, 7) is -0.272. The molecule has 1 N–H and O–H groups in total. The lowest BCUT2D eigenvalue weighted by Crippen LogP contribution is -2.17. The lowest BCUT2D eigenvalue weighted by molar-refractivity contribution is -0.120. The molecule has 2 aromatic carbocycles. The maximum absolute atomic E-state index is 12.0. The molecule has 0 atom stereocenters. The number of esters is 1. The Bertz CT molecular complexity index is 817. The van der Waals surface area contributed by atoms with Gasteiger partial charge in [0.15, 0.2) is 6.61 Å². The number of hydrogen-bond acceptors (Lipinski definition) is 7. The van der Waals surface area contributed by atoms with Crippen molar-refractivity contribution in [3.05, 3.63) is 53.6 Å². The molecule has 0 radical (unpaired) electrons. The van der Waals surface area contributed by atoms with Crippen LogP contribution < -0.4 is 14.8 Å². The number of nitrogens with zero attached hydrogens (tertiary/aromatic N) is 1. The first-order chi connectivity index (χ1) is 13.1. The monoisotopic (exact) mass is 372 g/mol. The minimum Gasteiger partial charge on any atom is -0.497 e. The van der Waals surface area contributed by atoms with Crippen molar-refractivity contribution in [3.8, 4) is 11.5 Å². The molecule has 2 rings (SSSR count). The van der Waals surface area contributed by atoms with E-state index < -0.39 is 11.9 Å². The predicted molar refractivity (Wildman–Crippen MR) is 99.5 cm³/mol. The number of oxime groups is 1. The molecule has 27 heavy (non-hydrogen) atoms. The van der Waals surface area contributed by atoms with Crippen LogP contribution in [0.5, 0.6) is 11.5 Å². The zero-order valence-corrected chi connectivity index (χ0v) is 15.2. The Morgan fingerprint density at radius 1 is 1.04 bits per heavy atom. The summed E-state index contributed by atoms with van der Waals surface area (Å²) < 4.78 is 14.9. The number of benzene rings is 2. The Hall–Kier alpha value is -3.55. The number of rotatable bonds is 8. The second kappa shape index (κ2) is 9.81. The minimum atomic E-state index is -0.416. The van der Waals surface area contributed by atoms with Crippen LogP contribution in [-0.4, -0.2) is 46.0 Å². The molecule has 0 heterocycles. The van der Waals surface area contributed by atoms with Gasteiger partial charge in [0, 0.05) is 6.07 Å². The number of ether oxygens (including phenoxy) is 3. The first-order valence-corrected chi connectivity index (χ1v) is 7.93. The van der Waals surface area contributed by atoms with E-state index in [1.165, 1.54) is 20.4 Å². The third-order valence-electron chi connectivity index (χ3n) is 3.49. The van der Waals surface area contributed by atoms with Gasteiger partial charge in [0.2, 0.25) is 0 Å². The van der Waals surface area contributed by atoms with Gasteiger partial charge < -0.3 is 24.4 Å². The fraction of sp³-hybridized carbons (Fsp3) is 0.211. The molecule has 8 heteroatoms. The van der Waals surface area contributed by atoms with Crippen LogP contribution in [0.1, 0.15) is 15.9 Å². The van der Waals surface area contributed by atoms with Crippen LogP contribution in [-0.2, 0) is 14.4 Å².